The standard InChI is InChI=1S/C18H20FN5O3S/c19-16-5-12(23-7-15(27-18(23)25)6-22-11-20-10-21-22)3-4-17(16)24-13-1-2-14(24)9-28(26)8-13/h3-5,10-11,13-15H,1-2,6-9H2. The van der Waals surface area contributed by atoms with Crippen molar-refractivity contribution in [3.63, 3.8) is 0 Å². The summed E-state index contributed by atoms with van der Waals surface area (Å²) >= 11 is 0. The van der Waals surface area contributed by atoms with Gasteiger partial charge in [0.25, 0.3) is 0 Å². The molecule has 3 atom stereocenters. The van der Waals surface area contributed by atoms with Crippen LogP contribution < -0.4 is 9.80 Å². The van der Waals surface area contributed by atoms with Crippen molar-refractivity contribution in [2.45, 2.75) is 37.6 Å². The Kier molecular flexibility index (Phi) is 4.30. The topological polar surface area (TPSA) is 80.6 Å². The highest BCUT2D eigenvalue weighted by molar-refractivity contribution is 7.85. The number of cyclic esters (lactones) is 1. The molecule has 3 unspecified atom stereocenters. The summed E-state index contributed by atoms with van der Waals surface area (Å²) in [6.45, 7) is 0.725. The van der Waals surface area contributed by atoms with Crippen molar-refractivity contribution in [2.75, 3.05) is 27.9 Å². The maximum absolute atomic E-state index is 15.0. The number of aromatic nitrogens is 3. The van der Waals surface area contributed by atoms with Crippen LogP contribution in [0.4, 0.5) is 20.6 Å². The maximum atomic E-state index is 15.0. The number of fused-ring (bicyclic) bond motifs is 2. The molecule has 3 fully saturated rings. The molecule has 148 valence electrons. The number of amides is 1. The fraction of sp³-hybridized carbons (Fsp3) is 0.500. The molecule has 3 saturated heterocycles. The molecule has 0 radical (unpaired) electrons. The molecule has 2 bridgehead atoms. The molecule has 4 heterocycles. The summed E-state index contributed by atoms with van der Waals surface area (Å²) in [5.74, 6) is 0.829. The molecule has 3 aliphatic heterocycles. The van der Waals surface area contributed by atoms with E-state index >= 15 is 0 Å². The van der Waals surface area contributed by atoms with E-state index in [1.54, 1.807) is 23.1 Å². The minimum Gasteiger partial charge on any atom is -0.442 e. The molecule has 5 rings (SSSR count). The Hall–Kier alpha value is -2.49. The zero-order chi connectivity index (χ0) is 19.3. The van der Waals surface area contributed by atoms with Gasteiger partial charge in [0.1, 0.15) is 24.6 Å². The molecule has 2 aromatic rings. The van der Waals surface area contributed by atoms with Crippen molar-refractivity contribution in [1.29, 1.82) is 0 Å². The Morgan fingerprint density at radius 2 is 2.04 bits per heavy atom. The van der Waals surface area contributed by atoms with Gasteiger partial charge in [-0.05, 0) is 31.0 Å². The lowest BCUT2D eigenvalue weighted by Crippen LogP contribution is -2.47. The fourth-order valence-corrected chi connectivity index (χ4v) is 6.06. The summed E-state index contributed by atoms with van der Waals surface area (Å²) in [4.78, 5) is 19.6. The third kappa shape index (κ3) is 3.05. The molecule has 1 aromatic heterocycles. The van der Waals surface area contributed by atoms with E-state index in [1.165, 1.54) is 17.3 Å². The summed E-state index contributed by atoms with van der Waals surface area (Å²) in [7, 11) is -0.813. The minimum atomic E-state index is -0.813. The van der Waals surface area contributed by atoms with Crippen molar-refractivity contribution in [1.82, 2.24) is 14.8 Å². The number of ether oxygens (including phenoxy) is 1. The number of rotatable bonds is 4. The van der Waals surface area contributed by atoms with Gasteiger partial charge in [-0.2, -0.15) is 5.10 Å². The minimum absolute atomic E-state index is 0.128. The summed E-state index contributed by atoms with van der Waals surface area (Å²) in [6.07, 6.45) is 4.01. The van der Waals surface area contributed by atoms with Crippen LogP contribution >= 0.6 is 0 Å². The zero-order valence-corrected chi connectivity index (χ0v) is 15.9. The lowest BCUT2D eigenvalue weighted by atomic mass is 10.2. The monoisotopic (exact) mass is 405 g/mol. The second-order valence-corrected chi connectivity index (χ2v) is 8.98. The lowest BCUT2D eigenvalue weighted by molar-refractivity contribution is 0.129. The molecule has 0 spiro atoms. The highest BCUT2D eigenvalue weighted by Gasteiger charge is 2.41. The van der Waals surface area contributed by atoms with Gasteiger partial charge in [0, 0.05) is 34.4 Å². The number of hydrogen-bond acceptors (Lipinski definition) is 6. The van der Waals surface area contributed by atoms with E-state index in [0.29, 0.717) is 36.0 Å². The van der Waals surface area contributed by atoms with Gasteiger partial charge in [-0.3, -0.25) is 9.11 Å². The Morgan fingerprint density at radius 3 is 2.71 bits per heavy atom. The molecule has 3 aliphatic rings. The number of nitrogens with zero attached hydrogens (tertiary/aromatic N) is 5. The predicted molar refractivity (Wildman–Crippen MR) is 101 cm³/mol. The van der Waals surface area contributed by atoms with Crippen molar-refractivity contribution >= 4 is 28.3 Å². The van der Waals surface area contributed by atoms with Crippen LogP contribution in [0.3, 0.4) is 0 Å². The first-order valence-electron chi connectivity index (χ1n) is 9.32. The summed E-state index contributed by atoms with van der Waals surface area (Å²) in [6, 6.07) is 5.12. The van der Waals surface area contributed by atoms with E-state index in [9.17, 15) is 13.4 Å². The number of benzene rings is 1. The Labute approximate surface area is 163 Å². The molecule has 1 aromatic carbocycles. The molecular formula is C18H20FN5O3S. The SMILES string of the molecule is O=C1OC(Cn2cncn2)CN1c1ccc(N2C3CCC2CS(=O)C3)c(F)c1. The lowest BCUT2D eigenvalue weighted by Gasteiger charge is -2.36. The highest BCUT2D eigenvalue weighted by atomic mass is 32.2. The fourth-order valence-electron chi connectivity index (χ4n) is 4.42. The van der Waals surface area contributed by atoms with Crippen molar-refractivity contribution in [3.8, 4) is 0 Å². The number of carbonyl (C=O) groups excluding carboxylic acids is 1. The molecule has 1 amide bonds. The van der Waals surface area contributed by atoms with E-state index in [1.807, 2.05) is 0 Å². The van der Waals surface area contributed by atoms with Gasteiger partial charge in [0.05, 0.1) is 24.5 Å². The van der Waals surface area contributed by atoms with Crippen molar-refractivity contribution in [2.24, 2.45) is 0 Å². The van der Waals surface area contributed by atoms with E-state index in [4.69, 9.17) is 4.74 Å². The van der Waals surface area contributed by atoms with Crippen LogP contribution in [0.2, 0.25) is 0 Å². The second-order valence-electron chi connectivity index (χ2n) is 7.44. The zero-order valence-electron chi connectivity index (χ0n) is 15.1. The van der Waals surface area contributed by atoms with Crippen LogP contribution in [0, 0.1) is 5.82 Å². The smallest absolute Gasteiger partial charge is 0.414 e. The first-order valence-corrected chi connectivity index (χ1v) is 10.8. The second kappa shape index (κ2) is 6.84. The van der Waals surface area contributed by atoms with Crippen LogP contribution in [0.25, 0.3) is 0 Å². The van der Waals surface area contributed by atoms with Gasteiger partial charge < -0.3 is 9.64 Å². The van der Waals surface area contributed by atoms with E-state index in [0.717, 1.165) is 12.8 Å². The van der Waals surface area contributed by atoms with Crippen LogP contribution in [-0.2, 0) is 22.1 Å². The van der Waals surface area contributed by atoms with Gasteiger partial charge in [-0.1, -0.05) is 0 Å². The number of anilines is 2. The van der Waals surface area contributed by atoms with Gasteiger partial charge >= 0.3 is 6.09 Å². The molecule has 10 heteroatoms. The van der Waals surface area contributed by atoms with E-state index in [-0.39, 0.29) is 24.0 Å². The van der Waals surface area contributed by atoms with Gasteiger partial charge in [0.2, 0.25) is 0 Å². The molecule has 8 nitrogen and oxygen atoms in total. The van der Waals surface area contributed by atoms with Crippen LogP contribution in [0.1, 0.15) is 12.8 Å². The first kappa shape index (κ1) is 17.6. The van der Waals surface area contributed by atoms with Gasteiger partial charge in [-0.25, -0.2) is 18.9 Å². The van der Waals surface area contributed by atoms with E-state index in [2.05, 4.69) is 15.0 Å². The average Bonchev–Trinajstić information content (AvgIpc) is 3.35. The normalized spacial score (nSPS) is 29.4. The van der Waals surface area contributed by atoms with Crippen molar-refractivity contribution < 1.29 is 18.1 Å². The third-order valence-corrected chi connectivity index (χ3v) is 7.14. The number of carbonyl (C=O) groups is 1. The van der Waals surface area contributed by atoms with Gasteiger partial charge in [0.15, 0.2) is 0 Å². The third-order valence-electron chi connectivity index (χ3n) is 5.63. The van der Waals surface area contributed by atoms with Crippen LogP contribution in [-0.4, -0.2) is 61.3 Å². The molecule has 0 saturated carbocycles. The summed E-state index contributed by atoms with van der Waals surface area (Å²) < 4.78 is 33.9. The largest absolute Gasteiger partial charge is 0.442 e. The van der Waals surface area contributed by atoms with Crippen molar-refractivity contribution in [3.05, 3.63) is 36.7 Å². The first-order chi connectivity index (χ1) is 13.6. The highest BCUT2D eigenvalue weighted by Crippen LogP contribution is 2.37. The predicted octanol–water partition coefficient (Wildman–Crippen LogP) is 1.54. The maximum Gasteiger partial charge on any atom is 0.414 e. The Morgan fingerprint density at radius 1 is 1.25 bits per heavy atom. The Balaban J connectivity index is 1.34. The number of hydrogen-bond donors (Lipinski definition) is 0. The summed E-state index contributed by atoms with van der Waals surface area (Å²) in [5, 5.41) is 4.01. The summed E-state index contributed by atoms with van der Waals surface area (Å²) in [5.41, 5.74) is 1.000. The van der Waals surface area contributed by atoms with E-state index < -0.39 is 16.9 Å². The van der Waals surface area contributed by atoms with Crippen LogP contribution in [0.15, 0.2) is 30.9 Å². The van der Waals surface area contributed by atoms with Gasteiger partial charge in [-0.15, -0.1) is 0 Å². The number of halogens is 1. The molecule has 0 aliphatic carbocycles. The quantitative estimate of drug-likeness (QED) is 0.768. The van der Waals surface area contributed by atoms with Crippen LogP contribution in [0.5, 0.6) is 0 Å². The molecule has 0 N–H and O–H groups in total. The molecule has 28 heavy (non-hydrogen) atoms. The average molecular weight is 405 g/mol. The Bertz CT molecular complexity index is 908. The molecular weight excluding hydrogens is 385 g/mol.